The predicted octanol–water partition coefficient (Wildman–Crippen LogP) is 2.20. The first-order chi connectivity index (χ1) is 9.53. The maximum absolute atomic E-state index is 11.4. The van der Waals surface area contributed by atoms with Crippen LogP contribution in [0.15, 0.2) is 24.3 Å². The first-order valence-corrected chi connectivity index (χ1v) is 8.80. The maximum Gasteiger partial charge on any atom is 0.407 e. The average Bonchev–Trinajstić information content (AvgIpc) is 2.72. The third-order valence-corrected chi connectivity index (χ3v) is 4.64. The van der Waals surface area contributed by atoms with Gasteiger partial charge in [-0.25, -0.2) is 13.2 Å². The molecule has 1 atom stereocenters. The minimum atomic E-state index is -3.01. The second kappa shape index (κ2) is 8.79. The van der Waals surface area contributed by atoms with Crippen molar-refractivity contribution in [1.29, 1.82) is 0 Å². The van der Waals surface area contributed by atoms with Gasteiger partial charge in [-0.1, -0.05) is 31.2 Å². The third kappa shape index (κ3) is 7.33. The van der Waals surface area contributed by atoms with Crippen LogP contribution < -0.4 is 5.32 Å². The molecule has 1 fully saturated rings. The van der Waals surface area contributed by atoms with Crippen LogP contribution >= 0.6 is 0 Å². The number of amides is 1. The predicted molar refractivity (Wildman–Crippen MR) is 79.3 cm³/mol. The summed E-state index contributed by atoms with van der Waals surface area (Å²) in [6, 6.07) is 0. The molecule has 20 heavy (non-hydrogen) atoms. The molecule has 1 unspecified atom stereocenters. The molecule has 1 heterocycles. The molecule has 0 aromatic rings. The highest BCUT2D eigenvalue weighted by atomic mass is 32.2. The van der Waals surface area contributed by atoms with E-state index >= 15 is 0 Å². The van der Waals surface area contributed by atoms with E-state index in [-0.39, 0.29) is 11.5 Å². The van der Waals surface area contributed by atoms with Crippen LogP contribution in [0, 0.1) is 0 Å². The Labute approximate surface area is 121 Å². The summed E-state index contributed by atoms with van der Waals surface area (Å²) in [5.41, 5.74) is 0. The number of hydrogen-bond acceptors (Lipinski definition) is 4. The lowest BCUT2D eigenvalue weighted by Gasteiger charge is -2.10. The zero-order valence-electron chi connectivity index (χ0n) is 11.9. The number of hydrogen-bond donors (Lipinski definition) is 1. The third-order valence-electron chi connectivity index (χ3n) is 2.90. The fourth-order valence-electron chi connectivity index (χ4n) is 1.87. The molecule has 1 saturated heterocycles. The largest absolute Gasteiger partial charge is 0.445 e. The van der Waals surface area contributed by atoms with Crippen LogP contribution in [0.3, 0.4) is 0 Å². The van der Waals surface area contributed by atoms with Gasteiger partial charge in [-0.15, -0.1) is 0 Å². The molecule has 6 heteroatoms. The quantitative estimate of drug-likeness (QED) is 0.578. The molecule has 0 aromatic heterocycles. The molecule has 1 aliphatic heterocycles. The summed E-state index contributed by atoms with van der Waals surface area (Å²) >= 11 is 0. The highest BCUT2D eigenvalue weighted by Gasteiger charge is 2.30. The van der Waals surface area contributed by atoms with E-state index in [1.165, 1.54) is 0 Å². The molecule has 0 aliphatic carbocycles. The van der Waals surface area contributed by atoms with Crippen molar-refractivity contribution in [2.24, 2.45) is 0 Å². The lowest BCUT2D eigenvalue weighted by Crippen LogP contribution is -2.29. The van der Waals surface area contributed by atoms with E-state index in [1.54, 1.807) is 0 Å². The highest BCUT2D eigenvalue weighted by molar-refractivity contribution is 7.91. The number of allylic oxidation sites excluding steroid dienone is 3. The molecule has 1 aliphatic rings. The Morgan fingerprint density at radius 3 is 2.55 bits per heavy atom. The van der Waals surface area contributed by atoms with Crippen molar-refractivity contribution in [2.75, 3.05) is 18.1 Å². The number of ether oxygens (including phenoxy) is 1. The first kappa shape index (κ1) is 16.8. The van der Waals surface area contributed by atoms with Crippen molar-refractivity contribution in [1.82, 2.24) is 5.32 Å². The Bertz CT molecular complexity index is 454. The van der Waals surface area contributed by atoms with Gasteiger partial charge in [-0.05, 0) is 25.7 Å². The Hall–Kier alpha value is -1.30. The van der Waals surface area contributed by atoms with E-state index in [2.05, 4.69) is 24.4 Å². The topological polar surface area (TPSA) is 72.5 Å². The Balaban J connectivity index is 2.09. The molecule has 0 aromatic carbocycles. The molecule has 1 N–H and O–H groups in total. The van der Waals surface area contributed by atoms with Gasteiger partial charge in [0.1, 0.15) is 6.10 Å². The highest BCUT2D eigenvalue weighted by Crippen LogP contribution is 2.14. The molecule has 0 saturated carbocycles. The molecule has 1 amide bonds. The number of rotatable bonds is 7. The van der Waals surface area contributed by atoms with Gasteiger partial charge < -0.3 is 10.1 Å². The summed E-state index contributed by atoms with van der Waals surface area (Å²) in [5, 5.41) is 2.58. The minimum Gasteiger partial charge on any atom is -0.445 e. The molecule has 1 rings (SSSR count). The van der Waals surface area contributed by atoms with Gasteiger partial charge in [0.15, 0.2) is 9.84 Å². The molecule has 0 spiro atoms. The van der Waals surface area contributed by atoms with E-state index in [0.717, 1.165) is 19.3 Å². The summed E-state index contributed by atoms with van der Waals surface area (Å²) in [6.07, 6.45) is 10.5. The van der Waals surface area contributed by atoms with E-state index in [0.29, 0.717) is 13.0 Å². The normalized spacial score (nSPS) is 21.6. The number of alkyl carbamates (subject to hydrolysis) is 1. The molecular weight excluding hydrogens is 278 g/mol. The van der Waals surface area contributed by atoms with Gasteiger partial charge in [0, 0.05) is 6.54 Å². The molecular formula is C14H23NO4S. The van der Waals surface area contributed by atoms with Crippen molar-refractivity contribution < 1.29 is 17.9 Å². The summed E-state index contributed by atoms with van der Waals surface area (Å²) in [5.74, 6) is 0.0517. The van der Waals surface area contributed by atoms with Crippen molar-refractivity contribution in [3.8, 4) is 0 Å². The number of unbranched alkanes of at least 4 members (excludes halogenated alkanes) is 1. The second-order valence-corrected chi connectivity index (χ2v) is 6.97. The number of carbonyl (C=O) groups excluding carboxylic acids is 1. The summed E-state index contributed by atoms with van der Waals surface area (Å²) in [6.45, 7) is 2.49. The molecule has 5 nitrogen and oxygen atoms in total. The fraction of sp³-hybridized carbons (Fsp3) is 0.643. The van der Waals surface area contributed by atoms with Crippen LogP contribution in [0.4, 0.5) is 4.79 Å². The average molecular weight is 301 g/mol. The van der Waals surface area contributed by atoms with Crippen LogP contribution in [0.2, 0.25) is 0 Å². The second-order valence-electron chi connectivity index (χ2n) is 4.74. The van der Waals surface area contributed by atoms with Crippen molar-refractivity contribution in [3.63, 3.8) is 0 Å². The van der Waals surface area contributed by atoms with Crippen LogP contribution in [0.5, 0.6) is 0 Å². The zero-order valence-corrected chi connectivity index (χ0v) is 12.7. The van der Waals surface area contributed by atoms with Crippen LogP contribution in [0.25, 0.3) is 0 Å². The monoisotopic (exact) mass is 301 g/mol. The zero-order chi connectivity index (χ0) is 14.8. The van der Waals surface area contributed by atoms with E-state index in [9.17, 15) is 13.2 Å². The van der Waals surface area contributed by atoms with Crippen LogP contribution in [-0.4, -0.2) is 38.7 Å². The first-order valence-electron chi connectivity index (χ1n) is 6.98. The van der Waals surface area contributed by atoms with E-state index in [4.69, 9.17) is 4.74 Å². The number of carbonyl (C=O) groups is 1. The van der Waals surface area contributed by atoms with Crippen LogP contribution in [-0.2, 0) is 14.6 Å². The van der Waals surface area contributed by atoms with Crippen molar-refractivity contribution >= 4 is 15.9 Å². The number of sulfone groups is 1. The summed E-state index contributed by atoms with van der Waals surface area (Å²) < 4.78 is 27.4. The molecule has 0 bridgehead atoms. The lowest BCUT2D eigenvalue weighted by atomic mass is 10.2. The van der Waals surface area contributed by atoms with Gasteiger partial charge in [-0.2, -0.15) is 0 Å². The molecule has 114 valence electrons. The Kier molecular flexibility index (Phi) is 7.36. The van der Waals surface area contributed by atoms with E-state index < -0.39 is 22.0 Å². The van der Waals surface area contributed by atoms with Gasteiger partial charge in [0.25, 0.3) is 0 Å². The van der Waals surface area contributed by atoms with Gasteiger partial charge >= 0.3 is 6.09 Å². The fourth-order valence-corrected chi connectivity index (χ4v) is 3.46. The summed E-state index contributed by atoms with van der Waals surface area (Å²) in [4.78, 5) is 11.4. The van der Waals surface area contributed by atoms with Gasteiger partial charge in [0.2, 0.25) is 0 Å². The smallest absolute Gasteiger partial charge is 0.407 e. The molecule has 0 radical (unpaired) electrons. The standard InChI is InChI=1S/C14H23NO4S/c1-2-3-4-5-6-7-8-10-15-14(16)19-13-9-11-20(17,18)12-13/h3-4,7-8,13H,2,5-6,9-12H2,1H3,(H,15,16)/b4-3-,8-7+. The summed E-state index contributed by atoms with van der Waals surface area (Å²) in [7, 11) is -3.01. The number of nitrogens with one attached hydrogen (secondary N) is 1. The van der Waals surface area contributed by atoms with Crippen molar-refractivity contribution in [2.45, 2.75) is 38.7 Å². The van der Waals surface area contributed by atoms with Crippen molar-refractivity contribution in [3.05, 3.63) is 24.3 Å². The lowest BCUT2D eigenvalue weighted by molar-refractivity contribution is 0.111. The minimum absolute atomic E-state index is 0.0555. The maximum atomic E-state index is 11.4. The Morgan fingerprint density at radius 1 is 1.25 bits per heavy atom. The van der Waals surface area contributed by atoms with Gasteiger partial charge in [0.05, 0.1) is 11.5 Å². The van der Waals surface area contributed by atoms with E-state index in [1.807, 2.05) is 12.2 Å². The van der Waals surface area contributed by atoms with Crippen LogP contribution in [0.1, 0.15) is 32.6 Å². The SMILES string of the molecule is CC/C=C\CC/C=C/CNC(=O)OC1CCS(=O)(=O)C1. The van der Waals surface area contributed by atoms with Gasteiger partial charge in [-0.3, -0.25) is 0 Å². The Morgan fingerprint density at radius 2 is 1.95 bits per heavy atom.